The van der Waals surface area contributed by atoms with E-state index in [0.29, 0.717) is 11.7 Å². The second-order valence-electron chi connectivity index (χ2n) is 3.38. The molecule has 0 aliphatic carbocycles. The van der Waals surface area contributed by atoms with Gasteiger partial charge in [0.05, 0.1) is 0 Å². The maximum absolute atomic E-state index is 5.91. The molecular weight excluding hydrogens is 198 g/mol. The summed E-state index contributed by atoms with van der Waals surface area (Å²) in [5.74, 6) is 0. The van der Waals surface area contributed by atoms with Gasteiger partial charge >= 0.3 is 0 Å². The van der Waals surface area contributed by atoms with E-state index in [0.717, 1.165) is 24.8 Å². The van der Waals surface area contributed by atoms with E-state index in [9.17, 15) is 0 Å². The van der Waals surface area contributed by atoms with Crippen molar-refractivity contribution in [3.63, 3.8) is 0 Å². The third-order valence-corrected chi connectivity index (χ3v) is 2.29. The standard InChI is InChI=1S/C10H16ClN3/c11-10-4-3-8(7-14-10)6-9(13)2-1-5-12/h3-4,7,9H,1-2,5-6,12-13H2. The van der Waals surface area contributed by atoms with Gasteiger partial charge in [-0.1, -0.05) is 17.7 Å². The van der Waals surface area contributed by atoms with Gasteiger partial charge in [0.2, 0.25) is 0 Å². The van der Waals surface area contributed by atoms with Crippen molar-refractivity contribution in [2.24, 2.45) is 11.5 Å². The fourth-order valence-corrected chi connectivity index (χ4v) is 1.42. The lowest BCUT2D eigenvalue weighted by Crippen LogP contribution is -2.23. The summed E-state index contributed by atoms with van der Waals surface area (Å²) in [6.07, 6.45) is 4.54. The summed E-state index contributed by atoms with van der Waals surface area (Å²) in [4.78, 5) is 4.00. The highest BCUT2D eigenvalue weighted by molar-refractivity contribution is 6.29. The Morgan fingerprint density at radius 2 is 2.21 bits per heavy atom. The lowest BCUT2D eigenvalue weighted by molar-refractivity contribution is 0.584. The first-order chi connectivity index (χ1) is 6.72. The highest BCUT2D eigenvalue weighted by Crippen LogP contribution is 2.08. The van der Waals surface area contributed by atoms with Crippen LogP contribution in [0.3, 0.4) is 0 Å². The monoisotopic (exact) mass is 213 g/mol. The van der Waals surface area contributed by atoms with Crippen LogP contribution in [0.5, 0.6) is 0 Å². The van der Waals surface area contributed by atoms with Crippen molar-refractivity contribution in [2.75, 3.05) is 6.54 Å². The van der Waals surface area contributed by atoms with Gasteiger partial charge in [0.25, 0.3) is 0 Å². The lowest BCUT2D eigenvalue weighted by Gasteiger charge is -2.10. The van der Waals surface area contributed by atoms with Crippen LogP contribution >= 0.6 is 11.6 Å². The van der Waals surface area contributed by atoms with Crippen LogP contribution in [0.2, 0.25) is 5.15 Å². The van der Waals surface area contributed by atoms with Gasteiger partial charge < -0.3 is 11.5 Å². The van der Waals surface area contributed by atoms with E-state index in [1.807, 2.05) is 6.07 Å². The minimum atomic E-state index is 0.168. The van der Waals surface area contributed by atoms with Crippen LogP contribution in [-0.2, 0) is 6.42 Å². The Hall–Kier alpha value is -0.640. The van der Waals surface area contributed by atoms with Gasteiger partial charge in [0, 0.05) is 12.2 Å². The van der Waals surface area contributed by atoms with E-state index in [4.69, 9.17) is 23.1 Å². The summed E-state index contributed by atoms with van der Waals surface area (Å²) in [5.41, 5.74) is 12.4. The molecule has 1 atom stereocenters. The number of nitrogens with zero attached hydrogens (tertiary/aromatic N) is 1. The molecule has 4 heteroatoms. The van der Waals surface area contributed by atoms with E-state index >= 15 is 0 Å². The molecule has 4 N–H and O–H groups in total. The molecule has 0 aliphatic rings. The SMILES string of the molecule is NCCCC(N)Cc1ccc(Cl)nc1. The van der Waals surface area contributed by atoms with Crippen LogP contribution in [0.15, 0.2) is 18.3 Å². The zero-order chi connectivity index (χ0) is 10.4. The third kappa shape index (κ3) is 4.05. The minimum Gasteiger partial charge on any atom is -0.330 e. The predicted molar refractivity (Wildman–Crippen MR) is 59.2 cm³/mol. The van der Waals surface area contributed by atoms with Gasteiger partial charge in [-0.3, -0.25) is 0 Å². The van der Waals surface area contributed by atoms with E-state index in [1.54, 1.807) is 12.3 Å². The minimum absolute atomic E-state index is 0.168. The quantitative estimate of drug-likeness (QED) is 0.726. The van der Waals surface area contributed by atoms with Gasteiger partial charge in [-0.25, -0.2) is 4.98 Å². The van der Waals surface area contributed by atoms with Crippen molar-refractivity contribution >= 4 is 11.6 Å². The smallest absolute Gasteiger partial charge is 0.129 e. The maximum Gasteiger partial charge on any atom is 0.129 e. The largest absolute Gasteiger partial charge is 0.330 e. The average molecular weight is 214 g/mol. The lowest BCUT2D eigenvalue weighted by atomic mass is 10.0. The van der Waals surface area contributed by atoms with Gasteiger partial charge in [-0.2, -0.15) is 0 Å². The molecular formula is C10H16ClN3. The Bertz CT molecular complexity index is 261. The van der Waals surface area contributed by atoms with Crippen LogP contribution < -0.4 is 11.5 Å². The summed E-state index contributed by atoms with van der Waals surface area (Å²) >= 11 is 5.67. The van der Waals surface area contributed by atoms with Gasteiger partial charge in [0.1, 0.15) is 5.15 Å². The molecule has 0 radical (unpaired) electrons. The van der Waals surface area contributed by atoms with Crippen LogP contribution in [-0.4, -0.2) is 17.6 Å². The number of aromatic nitrogens is 1. The number of halogens is 1. The van der Waals surface area contributed by atoms with Gasteiger partial charge in [-0.05, 0) is 37.4 Å². The number of hydrogen-bond donors (Lipinski definition) is 2. The second-order valence-corrected chi connectivity index (χ2v) is 3.77. The average Bonchev–Trinajstić information content (AvgIpc) is 2.18. The van der Waals surface area contributed by atoms with E-state index in [1.165, 1.54) is 0 Å². The van der Waals surface area contributed by atoms with Crippen molar-refractivity contribution in [3.8, 4) is 0 Å². The molecule has 1 aromatic rings. The summed E-state index contributed by atoms with van der Waals surface area (Å²) in [6, 6.07) is 3.91. The normalized spacial score (nSPS) is 12.8. The summed E-state index contributed by atoms with van der Waals surface area (Å²) in [7, 11) is 0. The van der Waals surface area contributed by atoms with Gasteiger partial charge in [0.15, 0.2) is 0 Å². The van der Waals surface area contributed by atoms with Crippen LogP contribution in [0.4, 0.5) is 0 Å². The van der Waals surface area contributed by atoms with E-state index in [2.05, 4.69) is 4.98 Å². The third-order valence-electron chi connectivity index (χ3n) is 2.07. The molecule has 0 amide bonds. The molecule has 0 bridgehead atoms. The van der Waals surface area contributed by atoms with E-state index in [-0.39, 0.29) is 6.04 Å². The Labute approximate surface area is 89.5 Å². The molecule has 1 heterocycles. The van der Waals surface area contributed by atoms with Crippen molar-refractivity contribution in [1.82, 2.24) is 4.98 Å². The van der Waals surface area contributed by atoms with Gasteiger partial charge in [-0.15, -0.1) is 0 Å². The first-order valence-electron chi connectivity index (χ1n) is 4.78. The molecule has 0 aromatic carbocycles. The molecule has 0 fully saturated rings. The molecule has 3 nitrogen and oxygen atoms in total. The number of rotatable bonds is 5. The summed E-state index contributed by atoms with van der Waals surface area (Å²) in [6.45, 7) is 0.701. The van der Waals surface area contributed by atoms with Crippen molar-refractivity contribution in [1.29, 1.82) is 0 Å². The van der Waals surface area contributed by atoms with Crippen molar-refractivity contribution < 1.29 is 0 Å². The zero-order valence-corrected chi connectivity index (χ0v) is 8.87. The fraction of sp³-hybridized carbons (Fsp3) is 0.500. The number of hydrogen-bond acceptors (Lipinski definition) is 3. The first-order valence-corrected chi connectivity index (χ1v) is 5.16. The molecule has 0 aliphatic heterocycles. The topological polar surface area (TPSA) is 64.9 Å². The molecule has 1 rings (SSSR count). The highest BCUT2D eigenvalue weighted by atomic mass is 35.5. The van der Waals surface area contributed by atoms with Crippen LogP contribution in [0.1, 0.15) is 18.4 Å². The summed E-state index contributed by atoms with van der Waals surface area (Å²) < 4.78 is 0. The fourth-order valence-electron chi connectivity index (χ4n) is 1.31. The Balaban J connectivity index is 2.39. The molecule has 1 unspecified atom stereocenters. The van der Waals surface area contributed by atoms with Crippen LogP contribution in [0, 0.1) is 0 Å². The number of nitrogens with two attached hydrogens (primary N) is 2. The first kappa shape index (κ1) is 11.4. The van der Waals surface area contributed by atoms with Crippen LogP contribution in [0.25, 0.3) is 0 Å². The second kappa shape index (κ2) is 5.96. The zero-order valence-electron chi connectivity index (χ0n) is 8.12. The molecule has 78 valence electrons. The molecule has 0 saturated heterocycles. The Kier molecular flexibility index (Phi) is 4.87. The predicted octanol–water partition coefficient (Wildman–Crippen LogP) is 1.34. The Morgan fingerprint density at radius 1 is 1.43 bits per heavy atom. The van der Waals surface area contributed by atoms with Crippen molar-refractivity contribution in [2.45, 2.75) is 25.3 Å². The highest BCUT2D eigenvalue weighted by Gasteiger charge is 2.03. The Morgan fingerprint density at radius 3 is 2.79 bits per heavy atom. The van der Waals surface area contributed by atoms with E-state index < -0.39 is 0 Å². The van der Waals surface area contributed by atoms with Crippen molar-refractivity contribution in [3.05, 3.63) is 29.0 Å². The molecule has 14 heavy (non-hydrogen) atoms. The maximum atomic E-state index is 5.91. The number of pyridine rings is 1. The molecule has 1 aromatic heterocycles. The molecule has 0 saturated carbocycles. The summed E-state index contributed by atoms with van der Waals surface area (Å²) in [5, 5.41) is 0.518. The molecule has 0 spiro atoms.